The van der Waals surface area contributed by atoms with Crippen molar-refractivity contribution >= 4 is 23.2 Å². The summed E-state index contributed by atoms with van der Waals surface area (Å²) in [6, 6.07) is 12.4. The maximum absolute atomic E-state index is 12.0. The molecule has 0 bridgehead atoms. The van der Waals surface area contributed by atoms with Gasteiger partial charge in [-0.05, 0) is 13.0 Å². The largest absolute Gasteiger partial charge is 0.337 e. The summed E-state index contributed by atoms with van der Waals surface area (Å²) in [6.45, 7) is 2.07. The number of carbonyl (C=O) groups excluding carboxylic acids is 2. The van der Waals surface area contributed by atoms with Crippen molar-refractivity contribution in [2.24, 2.45) is 0 Å². The molecular formula is C17H17N3O4. The third kappa shape index (κ3) is 4.64. The van der Waals surface area contributed by atoms with E-state index >= 15 is 0 Å². The Bertz CT molecular complexity index is 757. The van der Waals surface area contributed by atoms with Gasteiger partial charge in [0.2, 0.25) is 0 Å². The molecular weight excluding hydrogens is 310 g/mol. The minimum absolute atomic E-state index is 0.0824. The molecule has 0 radical (unpaired) electrons. The van der Waals surface area contributed by atoms with Crippen molar-refractivity contribution < 1.29 is 14.5 Å². The zero-order chi connectivity index (χ0) is 17.5. The molecule has 0 atom stereocenters. The van der Waals surface area contributed by atoms with Crippen LogP contribution in [0.5, 0.6) is 0 Å². The fraction of sp³-hybridized carbons (Fsp3) is 0.176. The molecule has 2 aromatic carbocycles. The van der Waals surface area contributed by atoms with Gasteiger partial charge >= 0.3 is 6.03 Å². The Morgan fingerprint density at radius 1 is 1.08 bits per heavy atom. The third-order valence-electron chi connectivity index (χ3n) is 3.36. The van der Waals surface area contributed by atoms with Crippen molar-refractivity contribution in [2.45, 2.75) is 13.3 Å². The monoisotopic (exact) mass is 327 g/mol. The van der Waals surface area contributed by atoms with Crippen LogP contribution in [0.3, 0.4) is 0 Å². The molecule has 0 aliphatic carbocycles. The highest BCUT2D eigenvalue weighted by atomic mass is 16.6. The van der Waals surface area contributed by atoms with E-state index in [1.165, 1.54) is 18.2 Å². The Balaban J connectivity index is 1.84. The minimum atomic E-state index is -0.596. The Hall–Kier alpha value is -3.22. The van der Waals surface area contributed by atoms with Crippen LogP contribution in [0, 0.1) is 17.0 Å². The number of carbonyl (C=O) groups is 2. The molecule has 124 valence electrons. The minimum Gasteiger partial charge on any atom is -0.337 e. The van der Waals surface area contributed by atoms with Crippen LogP contribution in [0.1, 0.15) is 22.3 Å². The predicted molar refractivity (Wildman–Crippen MR) is 90.2 cm³/mol. The summed E-state index contributed by atoms with van der Waals surface area (Å²) >= 11 is 0. The summed E-state index contributed by atoms with van der Waals surface area (Å²) < 4.78 is 0. The molecule has 2 amide bonds. The van der Waals surface area contributed by atoms with Crippen LogP contribution in [0.15, 0.2) is 48.5 Å². The summed E-state index contributed by atoms with van der Waals surface area (Å²) in [7, 11) is 0. The fourth-order valence-corrected chi connectivity index (χ4v) is 2.08. The van der Waals surface area contributed by atoms with Crippen LogP contribution in [0.2, 0.25) is 0 Å². The smallest absolute Gasteiger partial charge is 0.319 e. The van der Waals surface area contributed by atoms with Gasteiger partial charge in [-0.3, -0.25) is 14.9 Å². The van der Waals surface area contributed by atoms with Crippen LogP contribution in [0.25, 0.3) is 0 Å². The number of Topliss-reactive ketones (excluding diaryl/α,β-unsaturated/α-hetero) is 1. The number of amides is 2. The number of nitrogens with one attached hydrogen (secondary N) is 2. The Morgan fingerprint density at radius 2 is 1.75 bits per heavy atom. The molecule has 0 saturated heterocycles. The van der Waals surface area contributed by atoms with Crippen molar-refractivity contribution in [3.05, 3.63) is 69.8 Å². The Morgan fingerprint density at radius 3 is 2.42 bits per heavy atom. The number of benzene rings is 2. The number of nitro groups is 1. The lowest BCUT2D eigenvalue weighted by Crippen LogP contribution is -2.30. The number of nitro benzene ring substituents is 1. The SMILES string of the molecule is Cc1ccc(C(=O)CCNC(=O)Nc2ccccc2[N+](=O)[O-])cc1. The van der Waals surface area contributed by atoms with Gasteiger partial charge in [-0.25, -0.2) is 4.79 Å². The molecule has 0 unspecified atom stereocenters. The molecule has 0 heterocycles. The van der Waals surface area contributed by atoms with Crippen LogP contribution in [0.4, 0.5) is 16.2 Å². The van der Waals surface area contributed by atoms with Gasteiger partial charge in [-0.2, -0.15) is 0 Å². The summed E-state index contributed by atoms with van der Waals surface area (Å²) in [5, 5.41) is 15.8. The van der Waals surface area contributed by atoms with Crippen LogP contribution in [-0.4, -0.2) is 23.3 Å². The van der Waals surface area contributed by atoms with Crippen molar-refractivity contribution in [1.82, 2.24) is 5.32 Å². The number of anilines is 1. The van der Waals surface area contributed by atoms with Crippen molar-refractivity contribution in [1.29, 1.82) is 0 Å². The summed E-state index contributed by atoms with van der Waals surface area (Å²) in [6.07, 6.45) is 0.146. The van der Waals surface area contributed by atoms with Gasteiger partial charge in [0.15, 0.2) is 5.78 Å². The van der Waals surface area contributed by atoms with E-state index in [1.807, 2.05) is 19.1 Å². The summed E-state index contributed by atoms with van der Waals surface area (Å²) in [4.78, 5) is 34.1. The highest BCUT2D eigenvalue weighted by Gasteiger charge is 2.14. The first kappa shape index (κ1) is 17.1. The number of ketones is 1. The topological polar surface area (TPSA) is 101 Å². The van der Waals surface area contributed by atoms with E-state index in [4.69, 9.17) is 0 Å². The van der Waals surface area contributed by atoms with Gasteiger partial charge in [0, 0.05) is 24.6 Å². The molecule has 0 saturated carbocycles. The Kier molecular flexibility index (Phi) is 5.62. The maximum Gasteiger partial charge on any atom is 0.319 e. The predicted octanol–water partition coefficient (Wildman–Crippen LogP) is 3.30. The lowest BCUT2D eigenvalue weighted by molar-refractivity contribution is -0.383. The number of hydrogen-bond donors (Lipinski definition) is 2. The van der Waals surface area contributed by atoms with E-state index in [1.54, 1.807) is 18.2 Å². The van der Waals surface area contributed by atoms with Gasteiger partial charge in [-0.1, -0.05) is 42.0 Å². The van der Waals surface area contributed by atoms with Gasteiger partial charge < -0.3 is 10.6 Å². The molecule has 2 rings (SSSR count). The number of urea groups is 1. The summed E-state index contributed by atoms with van der Waals surface area (Å²) in [5.74, 6) is -0.0824. The first-order valence-electron chi connectivity index (χ1n) is 7.35. The second-order valence-electron chi connectivity index (χ2n) is 5.19. The maximum atomic E-state index is 12.0. The average molecular weight is 327 g/mol. The normalized spacial score (nSPS) is 10.0. The molecule has 2 N–H and O–H groups in total. The summed E-state index contributed by atoms with van der Waals surface area (Å²) in [5.41, 5.74) is 1.56. The molecule has 7 nitrogen and oxygen atoms in total. The van der Waals surface area contributed by atoms with E-state index in [9.17, 15) is 19.7 Å². The number of aryl methyl sites for hydroxylation is 1. The molecule has 0 aromatic heterocycles. The van der Waals surface area contributed by atoms with Gasteiger partial charge in [0.25, 0.3) is 5.69 Å². The molecule has 0 aliphatic heterocycles. The number of nitrogens with zero attached hydrogens (tertiary/aromatic N) is 1. The third-order valence-corrected chi connectivity index (χ3v) is 3.36. The number of para-hydroxylation sites is 2. The van der Waals surface area contributed by atoms with Gasteiger partial charge in [0.05, 0.1) is 4.92 Å². The zero-order valence-corrected chi connectivity index (χ0v) is 13.1. The van der Waals surface area contributed by atoms with E-state index in [-0.39, 0.29) is 30.1 Å². The quantitative estimate of drug-likeness (QED) is 0.483. The van der Waals surface area contributed by atoms with Crippen molar-refractivity contribution in [3.63, 3.8) is 0 Å². The molecule has 0 aliphatic rings. The van der Waals surface area contributed by atoms with E-state index < -0.39 is 11.0 Å². The number of rotatable bonds is 6. The zero-order valence-electron chi connectivity index (χ0n) is 13.1. The molecule has 2 aromatic rings. The van der Waals surface area contributed by atoms with E-state index in [0.717, 1.165) is 5.56 Å². The second kappa shape index (κ2) is 7.87. The van der Waals surface area contributed by atoms with Gasteiger partial charge in [-0.15, -0.1) is 0 Å². The first-order valence-corrected chi connectivity index (χ1v) is 7.35. The van der Waals surface area contributed by atoms with Crippen LogP contribution < -0.4 is 10.6 Å². The highest BCUT2D eigenvalue weighted by Crippen LogP contribution is 2.22. The van der Waals surface area contributed by atoms with Crippen LogP contribution in [-0.2, 0) is 0 Å². The lowest BCUT2D eigenvalue weighted by Gasteiger charge is -2.08. The standard InChI is InChI=1S/C17H17N3O4/c1-12-6-8-13(9-7-12)16(21)10-11-18-17(22)19-14-4-2-3-5-15(14)20(23)24/h2-9H,10-11H2,1H3,(H2,18,19,22). The van der Waals surface area contributed by atoms with Gasteiger partial charge in [0.1, 0.15) is 5.69 Å². The second-order valence-corrected chi connectivity index (χ2v) is 5.19. The molecule has 0 spiro atoms. The molecule has 0 fully saturated rings. The first-order chi connectivity index (χ1) is 11.5. The van der Waals surface area contributed by atoms with Crippen molar-refractivity contribution in [3.8, 4) is 0 Å². The molecule has 7 heteroatoms. The van der Waals surface area contributed by atoms with E-state index in [0.29, 0.717) is 5.56 Å². The lowest BCUT2D eigenvalue weighted by atomic mass is 10.1. The average Bonchev–Trinajstić information content (AvgIpc) is 2.55. The Labute approximate surface area is 138 Å². The van der Waals surface area contributed by atoms with Crippen LogP contribution >= 0.6 is 0 Å². The number of hydrogen-bond acceptors (Lipinski definition) is 4. The molecule has 24 heavy (non-hydrogen) atoms. The fourth-order valence-electron chi connectivity index (χ4n) is 2.08. The highest BCUT2D eigenvalue weighted by molar-refractivity contribution is 5.97. The van der Waals surface area contributed by atoms with E-state index in [2.05, 4.69) is 10.6 Å². The van der Waals surface area contributed by atoms with Crippen molar-refractivity contribution in [2.75, 3.05) is 11.9 Å².